The van der Waals surface area contributed by atoms with Crippen molar-refractivity contribution in [2.75, 3.05) is 0 Å². The van der Waals surface area contributed by atoms with Gasteiger partial charge in [0.15, 0.2) is 0 Å². The summed E-state index contributed by atoms with van der Waals surface area (Å²) in [4.78, 5) is 0. The first kappa shape index (κ1) is 5.16. The smallest absolute Gasteiger partial charge is 0.00196 e. The summed E-state index contributed by atoms with van der Waals surface area (Å²) in [6.07, 6.45) is 5.79. The number of hydrogen-bond donors (Lipinski definition) is 1. The molecule has 0 aromatic rings. The highest BCUT2D eigenvalue weighted by Crippen LogP contribution is 2.50. The van der Waals surface area contributed by atoms with Crippen LogP contribution in [0.3, 0.4) is 0 Å². The minimum atomic E-state index is 0.749. The second-order valence-electron chi connectivity index (χ2n) is 3.22. The summed E-state index contributed by atoms with van der Waals surface area (Å²) in [5, 5.41) is 0.749. The van der Waals surface area contributed by atoms with Gasteiger partial charge in [-0.05, 0) is 37.5 Å². The minimum Gasteiger partial charge on any atom is -0.176 e. The van der Waals surface area contributed by atoms with Gasteiger partial charge in [-0.25, -0.2) is 0 Å². The zero-order valence-corrected chi connectivity index (χ0v) is 5.90. The van der Waals surface area contributed by atoms with Crippen molar-refractivity contribution in [3.63, 3.8) is 0 Å². The van der Waals surface area contributed by atoms with E-state index in [-0.39, 0.29) is 0 Å². The van der Waals surface area contributed by atoms with Gasteiger partial charge >= 0.3 is 0 Å². The van der Waals surface area contributed by atoms with Gasteiger partial charge in [-0.1, -0.05) is 0 Å². The predicted octanol–water partition coefficient (Wildman–Crippen LogP) is 2.10. The fourth-order valence-corrected chi connectivity index (χ4v) is 2.25. The minimum absolute atomic E-state index is 0.749. The summed E-state index contributed by atoms with van der Waals surface area (Å²) < 4.78 is 0. The molecule has 0 radical (unpaired) electrons. The molecule has 46 valence electrons. The molecule has 0 saturated heterocycles. The van der Waals surface area contributed by atoms with Gasteiger partial charge in [0.1, 0.15) is 0 Å². The highest BCUT2D eigenvalue weighted by atomic mass is 32.1. The Morgan fingerprint density at radius 2 is 1.88 bits per heavy atom. The molecule has 0 spiro atoms. The Kier molecular flexibility index (Phi) is 1.07. The maximum absolute atomic E-state index is 4.45. The van der Waals surface area contributed by atoms with E-state index in [0.29, 0.717) is 0 Å². The van der Waals surface area contributed by atoms with Gasteiger partial charge in [-0.15, -0.1) is 0 Å². The maximum Gasteiger partial charge on any atom is 0.00196 e. The van der Waals surface area contributed by atoms with E-state index in [9.17, 15) is 0 Å². The quantitative estimate of drug-likeness (QED) is 0.475. The van der Waals surface area contributed by atoms with E-state index < -0.39 is 0 Å². The van der Waals surface area contributed by atoms with Crippen LogP contribution in [0.25, 0.3) is 0 Å². The van der Waals surface area contributed by atoms with E-state index in [2.05, 4.69) is 12.6 Å². The number of thiol groups is 1. The Bertz CT molecular complexity index is 101. The molecule has 0 aliphatic heterocycles. The lowest BCUT2D eigenvalue weighted by Gasteiger charge is -2.14. The van der Waals surface area contributed by atoms with E-state index in [1.807, 2.05) is 0 Å². The molecule has 0 aromatic heterocycles. The molecule has 2 aliphatic rings. The van der Waals surface area contributed by atoms with Crippen molar-refractivity contribution >= 4 is 12.6 Å². The van der Waals surface area contributed by atoms with Gasteiger partial charge in [0, 0.05) is 5.25 Å². The van der Waals surface area contributed by atoms with Crippen molar-refractivity contribution in [2.24, 2.45) is 11.8 Å². The van der Waals surface area contributed by atoms with Gasteiger partial charge in [0.05, 0.1) is 0 Å². The first-order valence-corrected chi connectivity index (χ1v) is 4.06. The molecule has 0 heterocycles. The molecule has 0 aromatic carbocycles. The van der Waals surface area contributed by atoms with Crippen LogP contribution in [-0.2, 0) is 0 Å². The van der Waals surface area contributed by atoms with Gasteiger partial charge in [-0.2, -0.15) is 12.6 Å². The SMILES string of the molecule is SC1CCC2CC2C1. The summed E-state index contributed by atoms with van der Waals surface area (Å²) in [5.74, 6) is 2.24. The van der Waals surface area contributed by atoms with Crippen LogP contribution in [0.5, 0.6) is 0 Å². The summed E-state index contributed by atoms with van der Waals surface area (Å²) >= 11 is 4.45. The molecular weight excluding hydrogens is 116 g/mol. The van der Waals surface area contributed by atoms with Crippen LogP contribution in [-0.4, -0.2) is 5.25 Å². The zero-order chi connectivity index (χ0) is 5.56. The number of rotatable bonds is 0. The van der Waals surface area contributed by atoms with Crippen LogP contribution in [0, 0.1) is 11.8 Å². The van der Waals surface area contributed by atoms with E-state index in [4.69, 9.17) is 0 Å². The van der Waals surface area contributed by atoms with Crippen LogP contribution in [0.1, 0.15) is 25.7 Å². The molecule has 3 unspecified atom stereocenters. The zero-order valence-electron chi connectivity index (χ0n) is 5.01. The van der Waals surface area contributed by atoms with Gasteiger partial charge in [0.2, 0.25) is 0 Å². The summed E-state index contributed by atoms with van der Waals surface area (Å²) in [5.41, 5.74) is 0. The molecule has 2 rings (SSSR count). The second-order valence-corrected chi connectivity index (χ2v) is 3.95. The Morgan fingerprint density at radius 1 is 1.00 bits per heavy atom. The molecule has 8 heavy (non-hydrogen) atoms. The molecule has 0 bridgehead atoms. The van der Waals surface area contributed by atoms with Crippen LogP contribution >= 0.6 is 12.6 Å². The number of fused-ring (bicyclic) bond motifs is 1. The third-order valence-corrected chi connectivity index (χ3v) is 2.98. The monoisotopic (exact) mass is 128 g/mol. The van der Waals surface area contributed by atoms with Crippen molar-refractivity contribution in [3.8, 4) is 0 Å². The fourth-order valence-electron chi connectivity index (χ4n) is 1.83. The van der Waals surface area contributed by atoms with Crippen molar-refractivity contribution in [1.82, 2.24) is 0 Å². The third kappa shape index (κ3) is 0.771. The Balaban J connectivity index is 1.93. The van der Waals surface area contributed by atoms with Crippen molar-refractivity contribution in [3.05, 3.63) is 0 Å². The lowest BCUT2D eigenvalue weighted by Crippen LogP contribution is -2.06. The van der Waals surface area contributed by atoms with E-state index in [1.54, 1.807) is 0 Å². The largest absolute Gasteiger partial charge is 0.176 e. The molecular formula is C7H12S. The Morgan fingerprint density at radius 3 is 2.50 bits per heavy atom. The standard InChI is InChI=1S/C7H12S/c8-7-2-1-5-3-6(5)4-7/h5-8H,1-4H2. The average molecular weight is 128 g/mol. The molecule has 0 amide bonds. The summed E-state index contributed by atoms with van der Waals surface area (Å²) in [6, 6.07) is 0. The first-order valence-electron chi connectivity index (χ1n) is 3.54. The van der Waals surface area contributed by atoms with Crippen LogP contribution in [0.15, 0.2) is 0 Å². The molecule has 2 fully saturated rings. The molecule has 0 nitrogen and oxygen atoms in total. The van der Waals surface area contributed by atoms with Gasteiger partial charge < -0.3 is 0 Å². The molecule has 2 saturated carbocycles. The maximum atomic E-state index is 4.45. The third-order valence-electron chi connectivity index (χ3n) is 2.51. The fraction of sp³-hybridized carbons (Fsp3) is 1.00. The van der Waals surface area contributed by atoms with Crippen LogP contribution in [0.2, 0.25) is 0 Å². The lowest BCUT2D eigenvalue weighted by atomic mass is 10.0. The molecule has 1 heteroatoms. The topological polar surface area (TPSA) is 0 Å². The molecule has 2 aliphatic carbocycles. The molecule has 0 N–H and O–H groups in total. The molecule has 3 atom stereocenters. The lowest BCUT2D eigenvalue weighted by molar-refractivity contribution is 0.493. The summed E-state index contributed by atoms with van der Waals surface area (Å²) in [6.45, 7) is 0. The van der Waals surface area contributed by atoms with Crippen LogP contribution < -0.4 is 0 Å². The van der Waals surface area contributed by atoms with Gasteiger partial charge in [0.25, 0.3) is 0 Å². The van der Waals surface area contributed by atoms with Crippen molar-refractivity contribution in [1.29, 1.82) is 0 Å². The second kappa shape index (κ2) is 1.66. The summed E-state index contributed by atoms with van der Waals surface area (Å²) in [7, 11) is 0. The van der Waals surface area contributed by atoms with E-state index >= 15 is 0 Å². The number of hydrogen-bond acceptors (Lipinski definition) is 1. The van der Waals surface area contributed by atoms with Crippen molar-refractivity contribution in [2.45, 2.75) is 30.9 Å². The highest BCUT2D eigenvalue weighted by molar-refractivity contribution is 7.80. The van der Waals surface area contributed by atoms with E-state index in [0.717, 1.165) is 17.1 Å². The Labute approximate surface area is 56.1 Å². The highest BCUT2D eigenvalue weighted by Gasteiger charge is 2.40. The first-order chi connectivity index (χ1) is 3.86. The van der Waals surface area contributed by atoms with E-state index in [1.165, 1.54) is 25.7 Å². The van der Waals surface area contributed by atoms with Crippen LogP contribution in [0.4, 0.5) is 0 Å². The van der Waals surface area contributed by atoms with Crippen molar-refractivity contribution < 1.29 is 0 Å². The predicted molar refractivity (Wildman–Crippen MR) is 38.2 cm³/mol. The Hall–Kier alpha value is 0.350. The van der Waals surface area contributed by atoms with Gasteiger partial charge in [-0.3, -0.25) is 0 Å². The normalized spacial score (nSPS) is 52.9. The average Bonchev–Trinajstić information content (AvgIpc) is 2.43.